The molecule has 3 fully saturated rings. The molecule has 41 heavy (non-hydrogen) atoms. The topological polar surface area (TPSA) is 89.5 Å². The molecule has 4 aromatic rings. The molecule has 0 unspecified atom stereocenters. The van der Waals surface area contributed by atoms with E-state index in [1.54, 1.807) is 12.1 Å². The van der Waals surface area contributed by atoms with Crippen LogP contribution < -0.4 is 0 Å². The number of nitrogens with zero attached hydrogens (tertiary/aromatic N) is 3. The number of aryl methyl sites for hydroxylation is 1. The summed E-state index contributed by atoms with van der Waals surface area (Å²) in [5.74, 6) is 0. The molecule has 3 aliphatic heterocycles. The summed E-state index contributed by atoms with van der Waals surface area (Å²) >= 11 is 0. The van der Waals surface area contributed by atoms with Crippen LogP contribution >= 0.6 is 0 Å². The minimum absolute atomic E-state index is 0.317. The van der Waals surface area contributed by atoms with E-state index < -0.39 is 15.4 Å². The van der Waals surface area contributed by atoms with Crippen molar-refractivity contribution >= 4 is 20.7 Å². The molecule has 0 spiro atoms. The minimum Gasteiger partial charge on any atom is -0.390 e. The van der Waals surface area contributed by atoms with Gasteiger partial charge in [-0.15, -0.1) is 0 Å². The van der Waals surface area contributed by atoms with Crippen LogP contribution in [0.25, 0.3) is 33.4 Å². The van der Waals surface area contributed by atoms with E-state index in [0.29, 0.717) is 17.0 Å². The molecular weight excluding hydrogens is 532 g/mol. The lowest BCUT2D eigenvalue weighted by Crippen LogP contribution is -2.62. The van der Waals surface area contributed by atoms with E-state index >= 15 is 0 Å². The molecule has 2 aromatic heterocycles. The van der Waals surface area contributed by atoms with Gasteiger partial charge in [0.15, 0.2) is 9.84 Å². The summed E-state index contributed by atoms with van der Waals surface area (Å²) in [6.07, 6.45) is 4.55. The van der Waals surface area contributed by atoms with Crippen LogP contribution in [0.1, 0.15) is 44.4 Å². The van der Waals surface area contributed by atoms with Crippen molar-refractivity contribution in [2.24, 2.45) is 0 Å². The molecule has 0 saturated carbocycles. The van der Waals surface area contributed by atoms with Crippen molar-refractivity contribution in [1.82, 2.24) is 19.8 Å². The number of aliphatic hydroxyl groups is 1. The second-order valence-corrected chi connectivity index (χ2v) is 14.6. The van der Waals surface area contributed by atoms with Crippen molar-refractivity contribution in [2.45, 2.75) is 69.2 Å². The number of hydrogen-bond acceptors (Lipinski definition) is 6. The number of aromatic nitrogens is 2. The maximum absolute atomic E-state index is 11.8. The van der Waals surface area contributed by atoms with Crippen molar-refractivity contribution in [3.05, 3.63) is 71.9 Å². The number of hydrogen-bond donors (Lipinski definition) is 2. The number of sulfone groups is 1. The predicted molar refractivity (Wildman–Crippen MR) is 165 cm³/mol. The Morgan fingerprint density at radius 1 is 0.951 bits per heavy atom. The number of aromatic amines is 1. The van der Waals surface area contributed by atoms with Crippen LogP contribution in [0.4, 0.5) is 0 Å². The number of piperidine rings is 2. The molecule has 5 heterocycles. The highest BCUT2D eigenvalue weighted by Crippen LogP contribution is 2.32. The van der Waals surface area contributed by atoms with Crippen molar-refractivity contribution in [3.8, 4) is 22.5 Å². The fourth-order valence-electron chi connectivity index (χ4n) is 6.38. The first-order chi connectivity index (χ1) is 19.4. The van der Waals surface area contributed by atoms with Crippen molar-refractivity contribution in [2.75, 3.05) is 25.9 Å². The molecule has 216 valence electrons. The van der Waals surface area contributed by atoms with Crippen LogP contribution in [0, 0.1) is 6.92 Å². The molecule has 2 aromatic carbocycles. The number of rotatable bonds is 8. The third-order valence-electron chi connectivity index (χ3n) is 8.80. The van der Waals surface area contributed by atoms with E-state index in [1.807, 2.05) is 32.9 Å². The molecule has 3 aliphatic rings. The zero-order chi connectivity index (χ0) is 28.9. The molecule has 0 amide bonds. The SMILES string of the molecule is Cc1nc(-c2ccc(CN3C[C@@H]4CC[C@H]3CN4CCC(C)(C)O)cc2)cc2[nH]c(-c3ccc(S(C)(=O)=O)cc3)cc12. The van der Waals surface area contributed by atoms with Gasteiger partial charge in [-0.3, -0.25) is 14.8 Å². The molecule has 8 heteroatoms. The van der Waals surface area contributed by atoms with Crippen LogP contribution in [0.2, 0.25) is 0 Å². The van der Waals surface area contributed by atoms with Crippen LogP contribution in [0.5, 0.6) is 0 Å². The molecule has 2 atom stereocenters. The zero-order valence-electron chi connectivity index (χ0n) is 24.4. The van der Waals surface area contributed by atoms with Crippen molar-refractivity contribution in [3.63, 3.8) is 0 Å². The van der Waals surface area contributed by atoms with Crippen molar-refractivity contribution < 1.29 is 13.5 Å². The van der Waals surface area contributed by atoms with E-state index in [2.05, 4.69) is 51.2 Å². The Bertz CT molecular complexity index is 1650. The average Bonchev–Trinajstić information content (AvgIpc) is 3.37. The molecular formula is C33H40N4O3S. The van der Waals surface area contributed by atoms with Crippen LogP contribution in [0.3, 0.4) is 0 Å². The monoisotopic (exact) mass is 572 g/mol. The van der Waals surface area contributed by atoms with E-state index in [-0.39, 0.29) is 0 Å². The summed E-state index contributed by atoms with van der Waals surface area (Å²) < 4.78 is 23.6. The Morgan fingerprint density at radius 3 is 2.20 bits per heavy atom. The van der Waals surface area contributed by atoms with Gasteiger partial charge in [-0.2, -0.15) is 0 Å². The average molecular weight is 573 g/mol. The molecule has 7 nitrogen and oxygen atoms in total. The highest BCUT2D eigenvalue weighted by Gasteiger charge is 2.38. The first kappa shape index (κ1) is 28.1. The molecule has 7 rings (SSSR count). The Morgan fingerprint density at radius 2 is 1.59 bits per heavy atom. The Balaban J connectivity index is 1.15. The predicted octanol–water partition coefficient (Wildman–Crippen LogP) is 5.42. The molecule has 3 saturated heterocycles. The molecule has 0 radical (unpaired) electrons. The first-order valence-corrected chi connectivity index (χ1v) is 16.4. The second-order valence-electron chi connectivity index (χ2n) is 12.6. The van der Waals surface area contributed by atoms with E-state index in [0.717, 1.165) is 71.7 Å². The maximum atomic E-state index is 11.8. The van der Waals surface area contributed by atoms with Gasteiger partial charge in [0.05, 0.1) is 16.2 Å². The van der Waals surface area contributed by atoms with E-state index in [4.69, 9.17) is 4.98 Å². The van der Waals surface area contributed by atoms with Gasteiger partial charge in [-0.25, -0.2) is 8.42 Å². The van der Waals surface area contributed by atoms with E-state index in [9.17, 15) is 13.5 Å². The zero-order valence-corrected chi connectivity index (χ0v) is 25.2. The van der Waals surface area contributed by atoms with Gasteiger partial charge in [-0.05, 0) is 75.4 Å². The summed E-state index contributed by atoms with van der Waals surface area (Å²) in [6, 6.07) is 21.1. The lowest BCUT2D eigenvalue weighted by molar-refractivity contribution is -0.0370. The van der Waals surface area contributed by atoms with Gasteiger partial charge in [0.25, 0.3) is 0 Å². The normalized spacial score (nSPS) is 20.2. The Kier molecular flexibility index (Phi) is 7.30. The van der Waals surface area contributed by atoms with Crippen LogP contribution in [0.15, 0.2) is 65.6 Å². The van der Waals surface area contributed by atoms with Gasteiger partial charge < -0.3 is 10.1 Å². The van der Waals surface area contributed by atoms with Crippen molar-refractivity contribution in [1.29, 1.82) is 0 Å². The Hall–Kier alpha value is -3.04. The van der Waals surface area contributed by atoms with Gasteiger partial charge in [0.1, 0.15) is 0 Å². The Labute approximate surface area is 243 Å². The highest BCUT2D eigenvalue weighted by molar-refractivity contribution is 7.90. The number of fused-ring (bicyclic) bond motifs is 4. The third-order valence-corrected chi connectivity index (χ3v) is 9.93. The van der Waals surface area contributed by atoms with Gasteiger partial charge in [0.2, 0.25) is 0 Å². The number of benzene rings is 2. The lowest BCUT2D eigenvalue weighted by atomic mass is 9.89. The number of piperazine rings is 1. The third kappa shape index (κ3) is 6.11. The molecule has 2 N–H and O–H groups in total. The summed E-state index contributed by atoms with van der Waals surface area (Å²) in [6.45, 7) is 9.97. The quantitative estimate of drug-likeness (QED) is 0.293. The highest BCUT2D eigenvalue weighted by atomic mass is 32.2. The lowest BCUT2D eigenvalue weighted by Gasteiger charge is -2.52. The van der Waals surface area contributed by atoms with Gasteiger partial charge in [-0.1, -0.05) is 36.4 Å². The minimum atomic E-state index is -3.22. The van der Waals surface area contributed by atoms with Gasteiger partial charge >= 0.3 is 0 Å². The smallest absolute Gasteiger partial charge is 0.175 e. The molecule has 2 bridgehead atoms. The maximum Gasteiger partial charge on any atom is 0.175 e. The van der Waals surface area contributed by atoms with E-state index in [1.165, 1.54) is 24.7 Å². The van der Waals surface area contributed by atoms with Gasteiger partial charge in [0, 0.05) is 72.4 Å². The van der Waals surface area contributed by atoms with Crippen LogP contribution in [-0.2, 0) is 16.4 Å². The largest absolute Gasteiger partial charge is 0.390 e. The van der Waals surface area contributed by atoms with Crippen LogP contribution in [-0.4, -0.2) is 76.9 Å². The molecule has 0 aliphatic carbocycles. The number of nitrogens with one attached hydrogen (secondary N) is 1. The second kappa shape index (κ2) is 10.7. The number of pyridine rings is 1. The standard InChI is InChI=1S/C33H40N4O3S/c1-22-29-17-30(25-9-13-28(14-10-25)41(4,39)40)35-32(29)18-31(34-22)24-7-5-23(6-8-24)19-37-21-26-11-12-27(37)20-36(26)16-15-33(2,3)38/h5-10,13-14,17-18,26-27,35,38H,11-12,15-16,19-21H2,1-4H3/t26-,27-/m0/s1. The fourth-order valence-corrected chi connectivity index (χ4v) is 7.01. The first-order valence-electron chi connectivity index (χ1n) is 14.5. The summed E-state index contributed by atoms with van der Waals surface area (Å²) in [5.41, 5.74) is 6.58. The fraction of sp³-hybridized carbons (Fsp3) is 0.424. The summed E-state index contributed by atoms with van der Waals surface area (Å²) in [5, 5.41) is 11.2. The number of H-pyrrole nitrogens is 1. The summed E-state index contributed by atoms with van der Waals surface area (Å²) in [4.78, 5) is 14.0. The summed E-state index contributed by atoms with van der Waals surface area (Å²) in [7, 11) is -3.22.